The molecule has 4 aromatic carbocycles. The van der Waals surface area contributed by atoms with Crippen LogP contribution in [0.1, 0.15) is 42.5 Å². The number of fused-ring (bicyclic) bond motifs is 4. The monoisotopic (exact) mass is 793 g/mol. The average Bonchev–Trinajstić information content (AvgIpc) is 3.24. The van der Waals surface area contributed by atoms with E-state index in [0.29, 0.717) is 55.7 Å². The van der Waals surface area contributed by atoms with Gasteiger partial charge in [-0.2, -0.15) is 0 Å². The van der Waals surface area contributed by atoms with Crippen molar-refractivity contribution < 1.29 is 33.4 Å². The number of hydrogen-bond donors (Lipinski definition) is 4. The van der Waals surface area contributed by atoms with Gasteiger partial charge in [0.25, 0.3) is 0 Å². The molecule has 0 fully saturated rings. The van der Waals surface area contributed by atoms with Gasteiger partial charge in [-0.3, -0.25) is 4.79 Å². The van der Waals surface area contributed by atoms with Crippen molar-refractivity contribution >= 4 is 79.3 Å². The lowest BCUT2D eigenvalue weighted by atomic mass is 9.88. The molecule has 0 atom stereocenters. The number of para-hydroxylation sites is 2. The number of methoxy groups -OCH3 is 2. The Morgan fingerprint density at radius 3 is 1.91 bits per heavy atom. The van der Waals surface area contributed by atoms with Gasteiger partial charge in [-0.1, -0.05) is 66.2 Å². The summed E-state index contributed by atoms with van der Waals surface area (Å²) in [6, 6.07) is 29.0. The number of hydrogen-bond acceptors (Lipinski definition) is 12. The standard InChI is InChI=1S/C44H32ClN5O8/c1-56-43(54)34-17-13-22-7-5-11-32(37(22)49-34)47-20-28-31(46)16-15-26-36(24-9-3-4-10-25(24)42(52)53)27-19-30(45)39(51)29(41(27)58-40(26)28)21-48-33-12-6-8-23-14-18-35(44(55)57-2)50-38(23)33/h3-19,47-48H,20-21,46H2,1-2H3,(H,52,53). The normalized spacial score (nSPS) is 11.2. The lowest BCUT2D eigenvalue weighted by Crippen LogP contribution is -2.17. The van der Waals surface area contributed by atoms with E-state index in [-0.39, 0.29) is 52.0 Å². The van der Waals surface area contributed by atoms with Gasteiger partial charge in [0.2, 0.25) is 5.43 Å². The summed E-state index contributed by atoms with van der Waals surface area (Å²) >= 11 is 6.69. The summed E-state index contributed by atoms with van der Waals surface area (Å²) in [6.45, 7) is -0.00862. The van der Waals surface area contributed by atoms with Gasteiger partial charge in [0.1, 0.15) is 22.7 Å². The van der Waals surface area contributed by atoms with Crippen molar-refractivity contribution in [2.24, 2.45) is 0 Å². The van der Waals surface area contributed by atoms with Crippen LogP contribution in [0.15, 0.2) is 112 Å². The maximum absolute atomic E-state index is 14.0. The summed E-state index contributed by atoms with van der Waals surface area (Å²) in [6.07, 6.45) is 0. The fourth-order valence-corrected chi connectivity index (χ4v) is 7.30. The molecule has 0 unspecified atom stereocenters. The van der Waals surface area contributed by atoms with Crippen LogP contribution < -0.4 is 21.8 Å². The zero-order valence-corrected chi connectivity index (χ0v) is 31.6. The van der Waals surface area contributed by atoms with Crippen LogP contribution >= 0.6 is 11.6 Å². The third kappa shape index (κ3) is 6.62. The predicted molar refractivity (Wildman–Crippen MR) is 222 cm³/mol. The molecule has 0 saturated heterocycles. The first-order valence-corrected chi connectivity index (χ1v) is 18.2. The van der Waals surface area contributed by atoms with Crippen LogP contribution in [0.3, 0.4) is 0 Å². The number of carbonyl (C=O) groups excluding carboxylic acids is 2. The summed E-state index contributed by atoms with van der Waals surface area (Å²) in [5.74, 6) is -2.20. The van der Waals surface area contributed by atoms with Gasteiger partial charge in [0.05, 0.1) is 52.8 Å². The van der Waals surface area contributed by atoms with Crippen LogP contribution in [0, 0.1) is 0 Å². The number of nitrogen functional groups attached to an aromatic ring is 1. The highest BCUT2D eigenvalue weighted by Crippen LogP contribution is 2.45. The second-order valence-electron chi connectivity index (χ2n) is 13.2. The molecule has 0 bridgehead atoms. The van der Waals surface area contributed by atoms with E-state index in [9.17, 15) is 24.3 Å². The minimum Gasteiger partial charge on any atom is -0.478 e. The topological polar surface area (TPSA) is 196 Å². The molecule has 0 radical (unpaired) electrons. The van der Waals surface area contributed by atoms with Crippen molar-refractivity contribution in [2.45, 2.75) is 13.1 Å². The Bertz CT molecular complexity index is 3020. The molecule has 3 heterocycles. The molecule has 0 amide bonds. The number of aromatic carboxylic acids is 1. The van der Waals surface area contributed by atoms with Crippen molar-refractivity contribution in [3.63, 3.8) is 0 Å². The maximum atomic E-state index is 14.0. The number of halogens is 1. The van der Waals surface area contributed by atoms with E-state index >= 15 is 0 Å². The van der Waals surface area contributed by atoms with Crippen LogP contribution in [-0.2, 0) is 22.6 Å². The first-order valence-electron chi connectivity index (χ1n) is 17.8. The highest BCUT2D eigenvalue weighted by atomic mass is 35.5. The fourth-order valence-electron chi connectivity index (χ4n) is 7.08. The van der Waals surface area contributed by atoms with Crippen LogP contribution in [0.2, 0.25) is 5.02 Å². The second kappa shape index (κ2) is 15.2. The van der Waals surface area contributed by atoms with E-state index in [4.69, 9.17) is 31.2 Å². The second-order valence-corrected chi connectivity index (χ2v) is 13.6. The average molecular weight is 794 g/mol. The van der Waals surface area contributed by atoms with Gasteiger partial charge >= 0.3 is 17.9 Å². The van der Waals surface area contributed by atoms with Crippen LogP contribution in [-0.4, -0.2) is 47.2 Å². The predicted octanol–water partition coefficient (Wildman–Crippen LogP) is 8.39. The van der Waals surface area contributed by atoms with Gasteiger partial charge in [0, 0.05) is 51.6 Å². The zero-order chi connectivity index (χ0) is 40.7. The number of aromatic nitrogens is 2. The number of anilines is 3. The third-order valence-electron chi connectivity index (χ3n) is 9.89. The molecule has 8 rings (SSSR count). The van der Waals surface area contributed by atoms with Gasteiger partial charge < -0.3 is 35.4 Å². The minimum atomic E-state index is -1.16. The molecule has 1 aliphatic heterocycles. The first kappa shape index (κ1) is 37.4. The molecular formula is C44H32ClN5O8. The van der Waals surface area contributed by atoms with Crippen molar-refractivity contribution in [3.8, 4) is 22.5 Å². The number of nitrogens with two attached hydrogens (primary N) is 1. The summed E-state index contributed by atoms with van der Waals surface area (Å²) in [7, 11) is 2.55. The molecule has 0 spiro atoms. The van der Waals surface area contributed by atoms with E-state index in [1.165, 1.54) is 26.4 Å². The Hall–Kier alpha value is -7.51. The quantitative estimate of drug-likeness (QED) is 0.0586. The third-order valence-corrected chi connectivity index (χ3v) is 10.2. The number of ether oxygens (including phenoxy) is 2. The Kier molecular flexibility index (Phi) is 9.81. The first-order chi connectivity index (χ1) is 28.1. The van der Waals surface area contributed by atoms with Gasteiger partial charge in [-0.05, 0) is 54.1 Å². The lowest BCUT2D eigenvalue weighted by molar-refractivity contribution is 0.0586. The molecule has 6 aromatic rings. The smallest absolute Gasteiger partial charge is 0.356 e. The van der Waals surface area contributed by atoms with E-state index in [1.54, 1.807) is 66.7 Å². The highest BCUT2D eigenvalue weighted by Gasteiger charge is 2.28. The molecule has 288 valence electrons. The molecule has 14 heteroatoms. The summed E-state index contributed by atoms with van der Waals surface area (Å²) in [5, 5.41) is 18.9. The molecule has 2 aliphatic rings. The van der Waals surface area contributed by atoms with Crippen LogP contribution in [0.25, 0.3) is 55.2 Å². The number of nitrogens with zero attached hydrogens (tertiary/aromatic N) is 2. The fraction of sp³-hybridized carbons (Fsp3) is 0.0909. The highest BCUT2D eigenvalue weighted by molar-refractivity contribution is 6.31. The SMILES string of the molecule is COC(=O)c1ccc2cccc(NCc3c4oc5c(CNc6cccc7ccc(C(=O)OC)nc67)c(N)ccc5c(-c5ccccc5C(=O)O)c-4cc(Cl)c3=O)c2n1. The molecule has 2 aromatic heterocycles. The Morgan fingerprint density at radius 1 is 0.741 bits per heavy atom. The van der Waals surface area contributed by atoms with E-state index in [2.05, 4.69) is 20.6 Å². The minimum absolute atomic E-state index is 0.0151. The molecule has 5 N–H and O–H groups in total. The van der Waals surface area contributed by atoms with Gasteiger partial charge in [-0.25, -0.2) is 24.4 Å². The van der Waals surface area contributed by atoms with E-state index in [1.807, 2.05) is 24.3 Å². The van der Waals surface area contributed by atoms with Crippen molar-refractivity contribution in [3.05, 3.63) is 146 Å². The van der Waals surface area contributed by atoms with Crippen LogP contribution in [0.5, 0.6) is 0 Å². The molecule has 0 saturated carbocycles. The molecule has 1 aliphatic carbocycles. The van der Waals surface area contributed by atoms with E-state index < -0.39 is 23.3 Å². The number of carboxylic acid groups (broad SMARTS) is 1. The molecular weight excluding hydrogens is 762 g/mol. The van der Waals surface area contributed by atoms with Gasteiger partial charge in [-0.15, -0.1) is 0 Å². The summed E-state index contributed by atoms with van der Waals surface area (Å²) in [5.41, 5.74) is 11.0. The van der Waals surface area contributed by atoms with E-state index in [0.717, 1.165) is 10.8 Å². The van der Waals surface area contributed by atoms with Crippen molar-refractivity contribution in [1.82, 2.24) is 9.97 Å². The summed E-state index contributed by atoms with van der Waals surface area (Å²) < 4.78 is 16.5. The number of carboxylic acids is 1. The Morgan fingerprint density at radius 2 is 1.33 bits per heavy atom. The number of carbonyl (C=O) groups is 3. The number of rotatable bonds is 10. The van der Waals surface area contributed by atoms with Crippen LogP contribution in [0.4, 0.5) is 17.1 Å². The van der Waals surface area contributed by atoms with Crippen molar-refractivity contribution in [2.75, 3.05) is 30.6 Å². The number of benzene rings is 5. The lowest BCUT2D eigenvalue weighted by Gasteiger charge is -2.22. The molecule has 58 heavy (non-hydrogen) atoms. The number of esters is 2. The molecule has 13 nitrogen and oxygen atoms in total. The summed E-state index contributed by atoms with van der Waals surface area (Å²) in [4.78, 5) is 60.4. The Labute approximate surface area is 334 Å². The van der Waals surface area contributed by atoms with Gasteiger partial charge in [0.15, 0.2) is 0 Å². The zero-order valence-electron chi connectivity index (χ0n) is 30.9. The van der Waals surface area contributed by atoms with Crippen molar-refractivity contribution in [1.29, 1.82) is 0 Å². The largest absolute Gasteiger partial charge is 0.478 e. The Balaban J connectivity index is 1.32. The number of nitrogens with one attached hydrogen (secondary N) is 2. The maximum Gasteiger partial charge on any atom is 0.356 e. The number of pyridine rings is 2.